The Bertz CT molecular complexity index is 1420. The Hall–Kier alpha value is -3.68. The highest BCUT2D eigenvalue weighted by Crippen LogP contribution is 2.41. The molecule has 1 aliphatic carbocycles. The van der Waals surface area contributed by atoms with E-state index in [1.165, 1.54) is 25.0 Å². The monoisotopic (exact) mass is 458 g/mol. The minimum absolute atomic E-state index is 0.304. The van der Waals surface area contributed by atoms with E-state index < -0.39 is 6.10 Å². The van der Waals surface area contributed by atoms with Crippen LogP contribution in [0.4, 0.5) is 10.2 Å². The summed E-state index contributed by atoms with van der Waals surface area (Å²) < 4.78 is 24.4. The highest BCUT2D eigenvalue weighted by molar-refractivity contribution is 5.74. The van der Waals surface area contributed by atoms with E-state index in [1.807, 2.05) is 42.6 Å². The smallest absolute Gasteiger partial charge is 0.166 e. The maximum atomic E-state index is 14.3. The van der Waals surface area contributed by atoms with Crippen LogP contribution < -0.4 is 10.5 Å². The summed E-state index contributed by atoms with van der Waals surface area (Å²) in [7, 11) is 3.90. The summed E-state index contributed by atoms with van der Waals surface area (Å²) in [5, 5.41) is 9.70. The summed E-state index contributed by atoms with van der Waals surface area (Å²) in [6.07, 6.45) is 7.45. The van der Waals surface area contributed by atoms with Crippen molar-refractivity contribution in [1.29, 1.82) is 0 Å². The van der Waals surface area contributed by atoms with Gasteiger partial charge in [0.25, 0.3) is 0 Å². The lowest BCUT2D eigenvalue weighted by atomic mass is 9.93. The largest absolute Gasteiger partial charge is 0.482 e. The number of nitrogens with two attached hydrogens (primary N) is 1. The third-order valence-electron chi connectivity index (χ3n) is 6.86. The highest BCUT2D eigenvalue weighted by Gasteiger charge is 2.29. The number of halogens is 1. The molecule has 4 aromatic rings. The third kappa shape index (κ3) is 3.54. The molecule has 1 saturated carbocycles. The molecule has 7 nitrogen and oxygen atoms in total. The number of hydrogen-bond donors (Lipinski definition) is 1. The van der Waals surface area contributed by atoms with Crippen LogP contribution in [-0.2, 0) is 26.9 Å². The van der Waals surface area contributed by atoms with Crippen molar-refractivity contribution in [2.24, 2.45) is 20.0 Å². The Kier molecular flexibility index (Phi) is 4.72. The second-order valence-corrected chi connectivity index (χ2v) is 9.49. The molecular weight excluding hydrogens is 431 g/mol. The number of fused-ring (bicyclic) bond motifs is 7. The molecule has 4 heterocycles. The van der Waals surface area contributed by atoms with Gasteiger partial charge < -0.3 is 10.5 Å². The minimum atomic E-state index is -0.460. The Balaban J connectivity index is 1.62. The van der Waals surface area contributed by atoms with E-state index in [9.17, 15) is 4.39 Å². The molecule has 6 rings (SSSR count). The second kappa shape index (κ2) is 7.68. The Morgan fingerprint density at radius 3 is 2.79 bits per heavy atom. The molecule has 174 valence electrons. The molecule has 0 amide bonds. The van der Waals surface area contributed by atoms with Gasteiger partial charge in [-0.2, -0.15) is 10.2 Å². The van der Waals surface area contributed by atoms with Crippen molar-refractivity contribution in [1.82, 2.24) is 24.5 Å². The van der Waals surface area contributed by atoms with Crippen molar-refractivity contribution in [2.45, 2.75) is 38.7 Å². The average Bonchev–Trinajstić information content (AvgIpc) is 3.46. The van der Waals surface area contributed by atoms with Crippen LogP contribution >= 0.6 is 0 Å². The summed E-state index contributed by atoms with van der Waals surface area (Å²) in [5.74, 6) is 1.15. The number of nitrogens with zero attached hydrogens (tertiary/aromatic N) is 5. The predicted octanol–water partition coefficient (Wildman–Crippen LogP) is 4.60. The number of ether oxygens (including phenoxy) is 1. The molecule has 0 radical (unpaired) electrons. The van der Waals surface area contributed by atoms with E-state index in [-0.39, 0.29) is 5.82 Å². The van der Waals surface area contributed by atoms with E-state index in [2.05, 4.69) is 4.98 Å². The molecule has 1 fully saturated rings. The van der Waals surface area contributed by atoms with Crippen molar-refractivity contribution >= 4 is 5.82 Å². The summed E-state index contributed by atoms with van der Waals surface area (Å²) in [6, 6.07) is 6.71. The summed E-state index contributed by atoms with van der Waals surface area (Å²) in [6.45, 7) is 1.90. The van der Waals surface area contributed by atoms with Gasteiger partial charge in [-0.05, 0) is 56.4 Å². The van der Waals surface area contributed by atoms with Gasteiger partial charge in [0.1, 0.15) is 11.9 Å². The van der Waals surface area contributed by atoms with Gasteiger partial charge in [-0.1, -0.05) is 0 Å². The SMILES string of the molecule is CC1Oc2cc(cnc2N)-c2c(CC3CC3)nn(C)c2Cc2cn(C)nc2-c2ccc(F)cc21. The van der Waals surface area contributed by atoms with Crippen molar-refractivity contribution in [2.75, 3.05) is 5.73 Å². The minimum Gasteiger partial charge on any atom is -0.482 e. The lowest BCUT2D eigenvalue weighted by Crippen LogP contribution is -2.10. The molecule has 2 aliphatic rings. The van der Waals surface area contributed by atoms with E-state index in [0.29, 0.717) is 29.5 Å². The molecule has 2 bridgehead atoms. The van der Waals surface area contributed by atoms with Crippen LogP contribution in [0.25, 0.3) is 22.4 Å². The molecule has 0 saturated heterocycles. The van der Waals surface area contributed by atoms with Gasteiger partial charge in [0.15, 0.2) is 11.6 Å². The van der Waals surface area contributed by atoms with Crippen molar-refractivity contribution in [3.05, 3.63) is 65.0 Å². The first-order chi connectivity index (χ1) is 16.4. The van der Waals surface area contributed by atoms with Crippen LogP contribution in [0.15, 0.2) is 36.7 Å². The van der Waals surface area contributed by atoms with Crippen molar-refractivity contribution in [3.8, 4) is 28.1 Å². The number of hydrogen-bond acceptors (Lipinski definition) is 5. The Morgan fingerprint density at radius 1 is 1.18 bits per heavy atom. The summed E-state index contributed by atoms with van der Waals surface area (Å²) in [5.41, 5.74) is 13.8. The van der Waals surface area contributed by atoms with Crippen LogP contribution in [0, 0.1) is 11.7 Å². The van der Waals surface area contributed by atoms with Gasteiger partial charge in [0, 0.05) is 60.7 Å². The number of benzene rings is 1. The normalized spacial score (nSPS) is 17.1. The van der Waals surface area contributed by atoms with Crippen LogP contribution in [0.1, 0.15) is 48.4 Å². The van der Waals surface area contributed by atoms with Gasteiger partial charge in [-0.25, -0.2) is 9.37 Å². The number of rotatable bonds is 2. The van der Waals surface area contributed by atoms with Crippen LogP contribution in [0.5, 0.6) is 5.75 Å². The number of anilines is 1. The second-order valence-electron chi connectivity index (χ2n) is 9.49. The maximum Gasteiger partial charge on any atom is 0.166 e. The standard InChI is InChI=1S/C26H27FN6O/c1-14-20-11-18(27)6-7-19(20)25-17(13-32(2)31-25)9-22-24(16-10-23(34-14)26(28)29-12-16)21(30-33(22)3)8-15-4-5-15/h6-7,10-15H,4-5,8-9H2,1-3H3,(H2,28,29). The fourth-order valence-corrected chi connectivity index (χ4v) is 4.99. The van der Waals surface area contributed by atoms with E-state index in [0.717, 1.165) is 45.8 Å². The van der Waals surface area contributed by atoms with Gasteiger partial charge in [-0.3, -0.25) is 9.36 Å². The molecule has 1 aromatic carbocycles. The van der Waals surface area contributed by atoms with Crippen LogP contribution in [0.3, 0.4) is 0 Å². The first kappa shape index (κ1) is 20.9. The summed E-state index contributed by atoms with van der Waals surface area (Å²) >= 11 is 0. The average molecular weight is 459 g/mol. The molecule has 1 atom stereocenters. The number of pyridine rings is 1. The molecule has 0 spiro atoms. The van der Waals surface area contributed by atoms with E-state index in [1.54, 1.807) is 12.3 Å². The summed E-state index contributed by atoms with van der Waals surface area (Å²) in [4.78, 5) is 4.45. The first-order valence-electron chi connectivity index (χ1n) is 11.7. The highest BCUT2D eigenvalue weighted by atomic mass is 19.1. The zero-order valence-electron chi connectivity index (χ0n) is 19.5. The molecule has 8 heteroatoms. The maximum absolute atomic E-state index is 14.3. The number of aromatic nitrogens is 5. The predicted molar refractivity (Wildman–Crippen MR) is 128 cm³/mol. The fraction of sp³-hybridized carbons (Fsp3) is 0.346. The third-order valence-corrected chi connectivity index (χ3v) is 6.86. The van der Waals surface area contributed by atoms with Crippen LogP contribution in [0.2, 0.25) is 0 Å². The van der Waals surface area contributed by atoms with Crippen molar-refractivity contribution in [3.63, 3.8) is 0 Å². The van der Waals surface area contributed by atoms with Crippen LogP contribution in [-0.4, -0.2) is 24.5 Å². The molecule has 3 aromatic heterocycles. The van der Waals surface area contributed by atoms with E-state index >= 15 is 0 Å². The fourth-order valence-electron chi connectivity index (χ4n) is 4.99. The first-order valence-corrected chi connectivity index (χ1v) is 11.7. The molecule has 2 N–H and O–H groups in total. The zero-order chi connectivity index (χ0) is 23.6. The molecule has 1 unspecified atom stereocenters. The lowest BCUT2D eigenvalue weighted by molar-refractivity contribution is 0.227. The Labute approximate surface area is 197 Å². The van der Waals surface area contributed by atoms with Gasteiger partial charge in [0.2, 0.25) is 0 Å². The lowest BCUT2D eigenvalue weighted by Gasteiger charge is -2.21. The molecule has 1 aliphatic heterocycles. The number of nitrogen functional groups attached to an aromatic ring is 1. The molecule has 34 heavy (non-hydrogen) atoms. The molecular formula is C26H27FN6O. The van der Waals surface area contributed by atoms with Crippen molar-refractivity contribution < 1.29 is 9.13 Å². The topological polar surface area (TPSA) is 83.8 Å². The van der Waals surface area contributed by atoms with Gasteiger partial charge in [-0.15, -0.1) is 0 Å². The number of aryl methyl sites for hydroxylation is 2. The quantitative estimate of drug-likeness (QED) is 0.475. The van der Waals surface area contributed by atoms with E-state index in [4.69, 9.17) is 20.7 Å². The van der Waals surface area contributed by atoms with Gasteiger partial charge in [0.05, 0.1) is 17.1 Å². The Morgan fingerprint density at radius 2 is 2.00 bits per heavy atom. The zero-order valence-corrected chi connectivity index (χ0v) is 19.5. The van der Waals surface area contributed by atoms with Gasteiger partial charge >= 0.3 is 0 Å².